The Bertz CT molecular complexity index is 3620. The number of aromatic nitrogens is 3. The third-order valence-electron chi connectivity index (χ3n) is 12.6. The van der Waals surface area contributed by atoms with E-state index >= 15 is 0 Å². The van der Waals surface area contributed by atoms with Gasteiger partial charge in [-0.1, -0.05) is 224 Å². The van der Waals surface area contributed by atoms with Crippen LogP contribution in [-0.2, 0) is 0 Å². The molecule has 0 N–H and O–H groups in total. The van der Waals surface area contributed by atoms with E-state index in [0.29, 0.717) is 17.5 Å². The van der Waals surface area contributed by atoms with Crippen LogP contribution in [0.3, 0.4) is 0 Å². The molecule has 0 saturated heterocycles. The minimum Gasteiger partial charge on any atom is -0.455 e. The van der Waals surface area contributed by atoms with E-state index in [1.165, 1.54) is 22.3 Å². The van der Waals surface area contributed by atoms with Crippen LogP contribution < -0.4 is 0 Å². The molecule has 0 saturated carbocycles. The monoisotopic (exact) mass is 855 g/mol. The Morgan fingerprint density at radius 2 is 0.597 bits per heavy atom. The van der Waals surface area contributed by atoms with E-state index in [2.05, 4.69) is 212 Å². The normalized spacial score (nSPS) is 11.3. The first-order chi connectivity index (χ1) is 33.2. The van der Waals surface area contributed by atoms with Gasteiger partial charge in [-0.15, -0.1) is 0 Å². The fourth-order valence-corrected chi connectivity index (χ4v) is 9.14. The van der Waals surface area contributed by atoms with Gasteiger partial charge in [0.1, 0.15) is 11.2 Å². The molecule has 0 spiro atoms. The zero-order valence-electron chi connectivity index (χ0n) is 36.4. The highest BCUT2D eigenvalue weighted by molar-refractivity contribution is 6.15. The van der Waals surface area contributed by atoms with Crippen LogP contribution in [0.5, 0.6) is 0 Å². The Morgan fingerprint density at radius 3 is 1.09 bits per heavy atom. The van der Waals surface area contributed by atoms with Crippen molar-refractivity contribution >= 4 is 21.9 Å². The lowest BCUT2D eigenvalue weighted by Crippen LogP contribution is -2.01. The van der Waals surface area contributed by atoms with Crippen molar-refractivity contribution in [3.63, 3.8) is 0 Å². The molecule has 0 aliphatic rings. The summed E-state index contributed by atoms with van der Waals surface area (Å²) in [5, 5.41) is 1.96. The lowest BCUT2D eigenvalue weighted by Gasteiger charge is -2.13. The van der Waals surface area contributed by atoms with Gasteiger partial charge in [0.25, 0.3) is 0 Å². The highest BCUT2D eigenvalue weighted by Gasteiger charge is 2.20. The maximum atomic E-state index is 6.79. The fraction of sp³-hybridized carbons (Fsp3) is 0. The smallest absolute Gasteiger partial charge is 0.164 e. The van der Waals surface area contributed by atoms with Crippen LogP contribution in [0.15, 0.2) is 253 Å². The molecule has 314 valence electrons. The molecule has 0 radical (unpaired) electrons. The molecule has 2 heterocycles. The zero-order chi connectivity index (χ0) is 44.5. The summed E-state index contributed by atoms with van der Waals surface area (Å²) in [7, 11) is 0. The summed E-state index contributed by atoms with van der Waals surface area (Å²) in [5.41, 5.74) is 17.7. The van der Waals surface area contributed by atoms with Crippen LogP contribution in [0.4, 0.5) is 0 Å². The van der Waals surface area contributed by atoms with Crippen molar-refractivity contribution in [2.24, 2.45) is 0 Å². The van der Waals surface area contributed by atoms with Crippen molar-refractivity contribution in [2.75, 3.05) is 0 Å². The molecule has 67 heavy (non-hydrogen) atoms. The largest absolute Gasteiger partial charge is 0.455 e. The second-order valence-corrected chi connectivity index (χ2v) is 16.8. The van der Waals surface area contributed by atoms with Crippen LogP contribution in [0.1, 0.15) is 0 Å². The van der Waals surface area contributed by atoms with Crippen molar-refractivity contribution < 1.29 is 4.42 Å². The van der Waals surface area contributed by atoms with E-state index in [1.807, 2.05) is 36.4 Å². The average Bonchev–Trinajstić information content (AvgIpc) is 3.81. The molecular weight excluding hydrogens is 815 g/mol. The van der Waals surface area contributed by atoms with Gasteiger partial charge in [-0.3, -0.25) is 0 Å². The standard InChI is InChI=1S/C63H41N3O/c1-5-15-42(16-6-1)46-27-29-48(30-28-46)49-33-37-51(38-34-49)61-64-62(54-40-52(44-19-9-3-10-20-44)39-53(41-54)45-21-11-4-12-22-45)66-63(65-61)57-25-14-26-58-59(57)56-24-13-23-55(60(56)67-58)50-35-31-47(32-36-50)43-17-7-2-8-18-43/h1-41H. The SMILES string of the molecule is c1ccc(-c2ccc(-c3ccc(-c4nc(-c5cc(-c6ccccc6)cc(-c6ccccc6)c5)nc(-c5cccc6oc7c(-c8ccc(-c9ccccc9)cc8)cccc7c56)n4)cc3)cc2)cc1. The maximum Gasteiger partial charge on any atom is 0.164 e. The Kier molecular flexibility index (Phi) is 10.2. The Hall–Kier alpha value is -8.99. The molecule has 0 amide bonds. The van der Waals surface area contributed by atoms with E-state index < -0.39 is 0 Å². The van der Waals surface area contributed by atoms with Gasteiger partial charge in [-0.2, -0.15) is 0 Å². The van der Waals surface area contributed by atoms with Crippen molar-refractivity contribution in [3.05, 3.63) is 249 Å². The molecule has 0 fully saturated rings. The first-order valence-corrected chi connectivity index (χ1v) is 22.6. The molecule has 0 atom stereocenters. The van der Waals surface area contributed by atoms with Crippen LogP contribution >= 0.6 is 0 Å². The lowest BCUT2D eigenvalue weighted by molar-refractivity contribution is 0.670. The van der Waals surface area contributed by atoms with Crippen LogP contribution in [0.2, 0.25) is 0 Å². The van der Waals surface area contributed by atoms with E-state index in [0.717, 1.165) is 83.1 Å². The molecule has 12 rings (SSSR count). The number of para-hydroxylation sites is 1. The number of benzene rings is 10. The van der Waals surface area contributed by atoms with Gasteiger partial charge in [0.2, 0.25) is 0 Å². The van der Waals surface area contributed by atoms with E-state index in [9.17, 15) is 0 Å². The number of fused-ring (bicyclic) bond motifs is 3. The van der Waals surface area contributed by atoms with Crippen molar-refractivity contribution in [2.45, 2.75) is 0 Å². The van der Waals surface area contributed by atoms with Crippen molar-refractivity contribution in [1.82, 2.24) is 15.0 Å². The Balaban J connectivity index is 1.00. The fourth-order valence-electron chi connectivity index (χ4n) is 9.14. The number of rotatable bonds is 9. The van der Waals surface area contributed by atoms with Crippen LogP contribution in [0.25, 0.3) is 123 Å². The van der Waals surface area contributed by atoms with Crippen molar-refractivity contribution in [3.8, 4) is 101 Å². The quantitative estimate of drug-likeness (QED) is 0.145. The molecule has 0 unspecified atom stereocenters. The molecule has 4 heteroatoms. The minimum atomic E-state index is 0.567. The predicted molar refractivity (Wildman–Crippen MR) is 276 cm³/mol. The van der Waals surface area contributed by atoms with Gasteiger partial charge in [-0.05, 0) is 85.5 Å². The summed E-state index contributed by atoms with van der Waals surface area (Å²) >= 11 is 0. The molecule has 0 aliphatic carbocycles. The first kappa shape index (κ1) is 39.6. The third-order valence-corrected chi connectivity index (χ3v) is 12.6. The summed E-state index contributed by atoms with van der Waals surface area (Å²) in [6.07, 6.45) is 0. The second-order valence-electron chi connectivity index (χ2n) is 16.8. The maximum absolute atomic E-state index is 6.79. The highest BCUT2D eigenvalue weighted by atomic mass is 16.3. The number of nitrogens with zero attached hydrogens (tertiary/aromatic N) is 3. The van der Waals surface area contributed by atoms with Crippen molar-refractivity contribution in [1.29, 1.82) is 0 Å². The number of furan rings is 1. The summed E-state index contributed by atoms with van der Waals surface area (Å²) in [5.74, 6) is 1.73. The summed E-state index contributed by atoms with van der Waals surface area (Å²) in [6.45, 7) is 0. The molecule has 4 nitrogen and oxygen atoms in total. The second kappa shape index (κ2) is 17.2. The minimum absolute atomic E-state index is 0.567. The van der Waals surface area contributed by atoms with Gasteiger partial charge in [-0.25, -0.2) is 15.0 Å². The Labute approximate surface area is 389 Å². The van der Waals surface area contributed by atoms with Gasteiger partial charge < -0.3 is 4.42 Å². The summed E-state index contributed by atoms with van der Waals surface area (Å²) in [6, 6.07) is 87.0. The van der Waals surface area contributed by atoms with Crippen LogP contribution in [0, 0.1) is 0 Å². The highest BCUT2D eigenvalue weighted by Crippen LogP contribution is 2.41. The molecular formula is C63H41N3O. The average molecular weight is 856 g/mol. The number of hydrogen-bond acceptors (Lipinski definition) is 4. The van der Waals surface area contributed by atoms with Gasteiger partial charge >= 0.3 is 0 Å². The van der Waals surface area contributed by atoms with E-state index in [1.54, 1.807) is 0 Å². The molecule has 2 aromatic heterocycles. The molecule has 10 aromatic carbocycles. The lowest BCUT2D eigenvalue weighted by atomic mass is 9.95. The van der Waals surface area contributed by atoms with E-state index in [-0.39, 0.29) is 0 Å². The first-order valence-electron chi connectivity index (χ1n) is 22.6. The van der Waals surface area contributed by atoms with Crippen LogP contribution in [-0.4, -0.2) is 15.0 Å². The zero-order valence-corrected chi connectivity index (χ0v) is 36.4. The third kappa shape index (κ3) is 7.77. The molecule has 0 bridgehead atoms. The summed E-state index contributed by atoms with van der Waals surface area (Å²) in [4.78, 5) is 15.9. The molecule has 0 aliphatic heterocycles. The molecule has 12 aromatic rings. The topological polar surface area (TPSA) is 51.8 Å². The van der Waals surface area contributed by atoms with Gasteiger partial charge in [0, 0.05) is 33.0 Å². The van der Waals surface area contributed by atoms with Gasteiger partial charge in [0.05, 0.1) is 0 Å². The van der Waals surface area contributed by atoms with Gasteiger partial charge in [0.15, 0.2) is 17.5 Å². The number of hydrogen-bond donors (Lipinski definition) is 0. The summed E-state index contributed by atoms with van der Waals surface area (Å²) < 4.78 is 6.79. The Morgan fingerprint density at radius 1 is 0.239 bits per heavy atom. The van der Waals surface area contributed by atoms with E-state index in [4.69, 9.17) is 19.4 Å². The predicted octanol–water partition coefficient (Wildman–Crippen LogP) is 16.8.